The van der Waals surface area contributed by atoms with Crippen molar-refractivity contribution in [1.82, 2.24) is 14.8 Å². The second-order valence-corrected chi connectivity index (χ2v) is 7.68. The second-order valence-electron chi connectivity index (χ2n) is 7.68. The fourth-order valence-electron chi connectivity index (χ4n) is 4.66. The van der Waals surface area contributed by atoms with Crippen LogP contribution in [0.4, 0.5) is 0 Å². The quantitative estimate of drug-likeness (QED) is 0.772. The van der Waals surface area contributed by atoms with Crippen LogP contribution in [0.3, 0.4) is 0 Å². The van der Waals surface area contributed by atoms with Gasteiger partial charge in [-0.3, -0.25) is 9.80 Å². The van der Waals surface area contributed by atoms with Crippen molar-refractivity contribution >= 4 is 10.9 Å². The molecule has 5 rings (SSSR count). The largest absolute Gasteiger partial charge is 0.357 e. The van der Waals surface area contributed by atoms with E-state index in [1.807, 2.05) is 0 Å². The Kier molecular flexibility index (Phi) is 3.65. The third kappa shape index (κ3) is 2.68. The number of fused-ring (bicyclic) bond motifs is 4. The van der Waals surface area contributed by atoms with Crippen LogP contribution in [0.5, 0.6) is 0 Å². The number of H-pyrrole nitrogens is 1. The molecule has 3 heterocycles. The molecule has 0 spiro atoms. The van der Waals surface area contributed by atoms with E-state index in [0.717, 1.165) is 32.6 Å². The number of aromatic amines is 1. The van der Waals surface area contributed by atoms with Crippen LogP contribution in [-0.2, 0) is 19.5 Å². The molecular formula is C22H25N3. The molecule has 2 aromatic carbocycles. The zero-order valence-corrected chi connectivity index (χ0v) is 14.8. The highest BCUT2D eigenvalue weighted by Crippen LogP contribution is 2.32. The molecule has 0 unspecified atom stereocenters. The molecule has 0 radical (unpaired) electrons. The minimum absolute atomic E-state index is 0.599. The molecule has 128 valence electrons. The molecule has 0 amide bonds. The van der Waals surface area contributed by atoms with E-state index in [9.17, 15) is 0 Å². The fourth-order valence-corrected chi connectivity index (χ4v) is 4.66. The van der Waals surface area contributed by atoms with Crippen LogP contribution in [0.15, 0.2) is 54.6 Å². The summed E-state index contributed by atoms with van der Waals surface area (Å²) in [5.41, 5.74) is 5.69. The highest BCUT2D eigenvalue weighted by Gasteiger charge is 2.36. The van der Waals surface area contributed by atoms with Gasteiger partial charge in [-0.25, -0.2) is 0 Å². The molecule has 3 nitrogen and oxygen atoms in total. The minimum Gasteiger partial charge on any atom is -0.357 e. The predicted octanol–water partition coefficient (Wildman–Crippen LogP) is 3.80. The maximum Gasteiger partial charge on any atom is 0.0459 e. The summed E-state index contributed by atoms with van der Waals surface area (Å²) in [6.45, 7) is 6.83. The van der Waals surface area contributed by atoms with Crippen LogP contribution in [0.25, 0.3) is 10.9 Å². The molecule has 2 aliphatic rings. The van der Waals surface area contributed by atoms with E-state index in [1.165, 1.54) is 22.2 Å². The summed E-state index contributed by atoms with van der Waals surface area (Å²) >= 11 is 0. The molecule has 2 aliphatic heterocycles. The normalized spacial score (nSPS) is 24.2. The molecule has 25 heavy (non-hydrogen) atoms. The summed E-state index contributed by atoms with van der Waals surface area (Å²) < 4.78 is 0. The molecule has 1 aromatic heterocycles. The van der Waals surface area contributed by atoms with Crippen molar-refractivity contribution in [2.24, 2.45) is 0 Å². The molecule has 0 bridgehead atoms. The van der Waals surface area contributed by atoms with Crippen molar-refractivity contribution in [3.05, 3.63) is 71.4 Å². The maximum absolute atomic E-state index is 3.66. The highest BCUT2D eigenvalue weighted by atomic mass is 15.3. The molecule has 1 N–H and O–H groups in total. The van der Waals surface area contributed by atoms with Crippen LogP contribution in [0, 0.1) is 0 Å². The number of hydrogen-bond acceptors (Lipinski definition) is 2. The standard InChI is InChI=1S/C22H25N3/c1-16-12-25-15-22-20(19-9-5-6-10-21(19)23-22)11-18(25)14-24(16)13-17-7-3-2-4-8-17/h2-10,16,18,23H,11-15H2,1H3/t16-,18-/m0/s1. The van der Waals surface area contributed by atoms with Gasteiger partial charge in [0.1, 0.15) is 0 Å². The molecule has 1 saturated heterocycles. The van der Waals surface area contributed by atoms with Gasteiger partial charge < -0.3 is 4.98 Å². The van der Waals surface area contributed by atoms with Gasteiger partial charge in [-0.15, -0.1) is 0 Å². The summed E-state index contributed by atoms with van der Waals surface area (Å²) in [6.07, 6.45) is 1.16. The lowest BCUT2D eigenvalue weighted by Crippen LogP contribution is -2.58. The number of para-hydroxylation sites is 1. The van der Waals surface area contributed by atoms with Crippen LogP contribution < -0.4 is 0 Å². The molecule has 2 atom stereocenters. The Balaban J connectivity index is 1.40. The minimum atomic E-state index is 0.599. The van der Waals surface area contributed by atoms with E-state index in [-0.39, 0.29) is 0 Å². The van der Waals surface area contributed by atoms with E-state index in [2.05, 4.69) is 76.3 Å². The highest BCUT2D eigenvalue weighted by molar-refractivity contribution is 5.84. The van der Waals surface area contributed by atoms with Gasteiger partial charge in [-0.2, -0.15) is 0 Å². The van der Waals surface area contributed by atoms with Crippen molar-refractivity contribution in [3.63, 3.8) is 0 Å². The van der Waals surface area contributed by atoms with E-state index < -0.39 is 0 Å². The van der Waals surface area contributed by atoms with E-state index in [4.69, 9.17) is 0 Å². The molecule has 1 fully saturated rings. The lowest BCUT2D eigenvalue weighted by Gasteiger charge is -2.47. The topological polar surface area (TPSA) is 22.3 Å². The lowest BCUT2D eigenvalue weighted by atomic mass is 9.93. The monoisotopic (exact) mass is 331 g/mol. The molecule has 3 heteroatoms. The lowest BCUT2D eigenvalue weighted by molar-refractivity contribution is 0.0188. The van der Waals surface area contributed by atoms with Crippen molar-refractivity contribution in [2.45, 2.75) is 38.5 Å². The van der Waals surface area contributed by atoms with Crippen LogP contribution in [0.1, 0.15) is 23.7 Å². The first-order valence-corrected chi connectivity index (χ1v) is 9.38. The van der Waals surface area contributed by atoms with Gasteiger partial charge >= 0.3 is 0 Å². The fraction of sp³-hybridized carbons (Fsp3) is 0.364. The SMILES string of the molecule is C[C@H]1CN2Cc3[nH]c4ccccc4c3C[C@H]2CN1Cc1ccccc1. The Morgan fingerprint density at radius 1 is 1.00 bits per heavy atom. The number of nitrogens with one attached hydrogen (secondary N) is 1. The number of aromatic nitrogens is 1. The average Bonchev–Trinajstić information content (AvgIpc) is 2.99. The van der Waals surface area contributed by atoms with Gasteiger partial charge in [-0.1, -0.05) is 48.5 Å². The van der Waals surface area contributed by atoms with Crippen molar-refractivity contribution < 1.29 is 0 Å². The van der Waals surface area contributed by atoms with Crippen LogP contribution in [0.2, 0.25) is 0 Å². The number of piperazine rings is 1. The Labute approximate surface area is 149 Å². The first-order valence-electron chi connectivity index (χ1n) is 9.38. The molecule has 0 saturated carbocycles. The predicted molar refractivity (Wildman–Crippen MR) is 103 cm³/mol. The summed E-state index contributed by atoms with van der Waals surface area (Å²) in [4.78, 5) is 9.01. The number of hydrogen-bond donors (Lipinski definition) is 1. The number of nitrogens with zero attached hydrogens (tertiary/aromatic N) is 2. The smallest absolute Gasteiger partial charge is 0.0459 e. The van der Waals surface area contributed by atoms with Gasteiger partial charge in [-0.05, 0) is 30.5 Å². The molecule has 0 aliphatic carbocycles. The van der Waals surface area contributed by atoms with Crippen LogP contribution >= 0.6 is 0 Å². The summed E-state index contributed by atoms with van der Waals surface area (Å²) in [5, 5.41) is 1.42. The van der Waals surface area contributed by atoms with E-state index >= 15 is 0 Å². The Hall–Kier alpha value is -2.10. The van der Waals surface area contributed by atoms with Gasteiger partial charge in [0, 0.05) is 54.9 Å². The van der Waals surface area contributed by atoms with E-state index in [0.29, 0.717) is 12.1 Å². The number of rotatable bonds is 2. The van der Waals surface area contributed by atoms with Gasteiger partial charge in [0.25, 0.3) is 0 Å². The summed E-state index contributed by atoms with van der Waals surface area (Å²) in [6, 6.07) is 20.9. The van der Waals surface area contributed by atoms with Crippen molar-refractivity contribution in [2.75, 3.05) is 13.1 Å². The molecular weight excluding hydrogens is 306 g/mol. The zero-order valence-electron chi connectivity index (χ0n) is 14.8. The summed E-state index contributed by atoms with van der Waals surface area (Å²) in [7, 11) is 0. The van der Waals surface area contributed by atoms with Crippen molar-refractivity contribution in [3.8, 4) is 0 Å². The first-order chi connectivity index (χ1) is 12.3. The van der Waals surface area contributed by atoms with Gasteiger partial charge in [0.05, 0.1) is 0 Å². The third-order valence-electron chi connectivity index (χ3n) is 6.02. The van der Waals surface area contributed by atoms with Crippen LogP contribution in [-0.4, -0.2) is 40.0 Å². The Morgan fingerprint density at radius 3 is 2.68 bits per heavy atom. The number of benzene rings is 2. The van der Waals surface area contributed by atoms with Gasteiger partial charge in [0.2, 0.25) is 0 Å². The van der Waals surface area contributed by atoms with Gasteiger partial charge in [0.15, 0.2) is 0 Å². The first kappa shape index (κ1) is 15.2. The Bertz CT molecular complexity index is 883. The maximum atomic E-state index is 3.66. The average molecular weight is 331 g/mol. The Morgan fingerprint density at radius 2 is 1.80 bits per heavy atom. The second kappa shape index (κ2) is 6.01. The third-order valence-corrected chi connectivity index (χ3v) is 6.02. The molecule has 3 aromatic rings. The summed E-state index contributed by atoms with van der Waals surface area (Å²) in [5.74, 6) is 0. The van der Waals surface area contributed by atoms with E-state index in [1.54, 1.807) is 5.56 Å². The van der Waals surface area contributed by atoms with Crippen molar-refractivity contribution in [1.29, 1.82) is 0 Å². The zero-order chi connectivity index (χ0) is 16.8.